The Labute approximate surface area is 137 Å². The van der Waals surface area contributed by atoms with Crippen LogP contribution in [0.5, 0.6) is 0 Å². The van der Waals surface area contributed by atoms with Crippen molar-refractivity contribution >= 4 is 17.2 Å². The van der Waals surface area contributed by atoms with E-state index in [-0.39, 0.29) is 17.4 Å². The molecule has 0 saturated heterocycles. The van der Waals surface area contributed by atoms with Crippen LogP contribution >= 0.6 is 11.3 Å². The lowest BCUT2D eigenvalue weighted by atomic mass is 9.86. The number of carbonyl (C=O) groups excluding carboxylic acids is 1. The van der Waals surface area contributed by atoms with Crippen molar-refractivity contribution in [3.05, 3.63) is 57.3 Å². The first-order valence-electron chi connectivity index (χ1n) is 7.80. The van der Waals surface area contributed by atoms with Gasteiger partial charge in [-0.3, -0.25) is 4.79 Å². The van der Waals surface area contributed by atoms with Gasteiger partial charge in [-0.05, 0) is 36.0 Å². The molecule has 1 N–H and O–H groups in total. The highest BCUT2D eigenvalue weighted by Crippen LogP contribution is 2.24. The molecule has 0 aliphatic carbocycles. The molecule has 1 aromatic heterocycles. The molecule has 0 fully saturated rings. The second-order valence-electron chi connectivity index (χ2n) is 6.72. The minimum absolute atomic E-state index is 0.00310. The SMILES string of the molecule is CCc1cc(C(=O)N[C@@H](C)c2ccc(C(C)(C)C)cc2)cs1. The highest BCUT2D eigenvalue weighted by molar-refractivity contribution is 7.10. The Kier molecular flexibility index (Phi) is 5.07. The Bertz CT molecular complexity index is 634. The first-order chi connectivity index (χ1) is 10.3. The van der Waals surface area contributed by atoms with Crippen molar-refractivity contribution in [1.29, 1.82) is 0 Å². The first kappa shape index (κ1) is 16.8. The largest absolute Gasteiger partial charge is 0.345 e. The Morgan fingerprint density at radius 1 is 1.23 bits per heavy atom. The number of aryl methyl sites for hydroxylation is 1. The molecule has 2 aromatic rings. The second-order valence-corrected chi connectivity index (χ2v) is 7.72. The number of benzene rings is 1. The van der Waals surface area contributed by atoms with Crippen LogP contribution in [0.25, 0.3) is 0 Å². The molecule has 1 amide bonds. The summed E-state index contributed by atoms with van der Waals surface area (Å²) >= 11 is 1.64. The zero-order chi connectivity index (χ0) is 16.3. The number of nitrogens with one attached hydrogen (secondary N) is 1. The zero-order valence-corrected chi connectivity index (χ0v) is 14.9. The topological polar surface area (TPSA) is 29.1 Å². The smallest absolute Gasteiger partial charge is 0.252 e. The van der Waals surface area contributed by atoms with Crippen LogP contribution in [0.3, 0.4) is 0 Å². The van der Waals surface area contributed by atoms with Crippen molar-refractivity contribution in [1.82, 2.24) is 5.32 Å². The fraction of sp³-hybridized carbons (Fsp3) is 0.421. The molecular formula is C19H25NOS. The van der Waals surface area contributed by atoms with Crippen LogP contribution in [0.2, 0.25) is 0 Å². The van der Waals surface area contributed by atoms with Crippen molar-refractivity contribution in [2.75, 3.05) is 0 Å². The Balaban J connectivity index is 2.05. The maximum Gasteiger partial charge on any atom is 0.252 e. The molecule has 2 nitrogen and oxygen atoms in total. The predicted molar refractivity (Wildman–Crippen MR) is 94.7 cm³/mol. The van der Waals surface area contributed by atoms with Gasteiger partial charge in [0.25, 0.3) is 5.91 Å². The van der Waals surface area contributed by atoms with Gasteiger partial charge in [0.2, 0.25) is 0 Å². The van der Waals surface area contributed by atoms with E-state index in [4.69, 9.17) is 0 Å². The first-order valence-corrected chi connectivity index (χ1v) is 8.68. The summed E-state index contributed by atoms with van der Waals surface area (Å²) in [4.78, 5) is 13.5. The molecule has 0 spiro atoms. The van der Waals surface area contributed by atoms with Crippen LogP contribution in [-0.2, 0) is 11.8 Å². The number of thiophene rings is 1. The molecule has 22 heavy (non-hydrogen) atoms. The average Bonchev–Trinajstić information content (AvgIpc) is 2.95. The van der Waals surface area contributed by atoms with Gasteiger partial charge in [0.05, 0.1) is 11.6 Å². The molecule has 0 saturated carbocycles. The molecule has 1 atom stereocenters. The monoisotopic (exact) mass is 315 g/mol. The summed E-state index contributed by atoms with van der Waals surface area (Å²) < 4.78 is 0. The van der Waals surface area contributed by atoms with Crippen molar-refractivity contribution in [3.63, 3.8) is 0 Å². The number of amides is 1. The normalized spacial score (nSPS) is 13.0. The van der Waals surface area contributed by atoms with Crippen molar-refractivity contribution in [3.8, 4) is 0 Å². The number of hydrogen-bond donors (Lipinski definition) is 1. The Morgan fingerprint density at radius 2 is 1.86 bits per heavy atom. The maximum atomic E-state index is 12.3. The van der Waals surface area contributed by atoms with E-state index in [0.717, 1.165) is 17.5 Å². The zero-order valence-electron chi connectivity index (χ0n) is 14.1. The molecule has 0 aliphatic heterocycles. The summed E-state index contributed by atoms with van der Waals surface area (Å²) in [6.07, 6.45) is 0.974. The van der Waals surface area contributed by atoms with Crippen LogP contribution in [0.1, 0.15) is 67.0 Å². The van der Waals surface area contributed by atoms with Gasteiger partial charge in [-0.1, -0.05) is 52.0 Å². The van der Waals surface area contributed by atoms with Gasteiger partial charge in [-0.2, -0.15) is 0 Å². The average molecular weight is 315 g/mol. The highest BCUT2D eigenvalue weighted by Gasteiger charge is 2.16. The molecule has 1 aromatic carbocycles. The molecule has 0 radical (unpaired) electrons. The van der Waals surface area contributed by atoms with Gasteiger partial charge in [-0.25, -0.2) is 0 Å². The summed E-state index contributed by atoms with van der Waals surface area (Å²) in [5, 5.41) is 5.01. The molecule has 118 valence electrons. The molecule has 2 rings (SSSR count). The maximum absolute atomic E-state index is 12.3. The van der Waals surface area contributed by atoms with Gasteiger partial charge in [0.15, 0.2) is 0 Å². The molecule has 0 bridgehead atoms. The summed E-state index contributed by atoms with van der Waals surface area (Å²) in [6, 6.07) is 10.5. The predicted octanol–water partition coefficient (Wildman–Crippen LogP) is 5.10. The third kappa shape index (κ3) is 3.98. The minimum Gasteiger partial charge on any atom is -0.345 e. The summed E-state index contributed by atoms with van der Waals surface area (Å²) in [7, 11) is 0. The number of hydrogen-bond acceptors (Lipinski definition) is 2. The van der Waals surface area contributed by atoms with E-state index in [1.165, 1.54) is 10.4 Å². The lowest BCUT2D eigenvalue weighted by Crippen LogP contribution is -2.26. The van der Waals surface area contributed by atoms with Gasteiger partial charge < -0.3 is 5.32 Å². The van der Waals surface area contributed by atoms with E-state index < -0.39 is 0 Å². The Hall–Kier alpha value is -1.61. The summed E-state index contributed by atoms with van der Waals surface area (Å²) in [6.45, 7) is 10.7. The van der Waals surface area contributed by atoms with E-state index in [0.29, 0.717) is 0 Å². The summed E-state index contributed by atoms with van der Waals surface area (Å²) in [5.74, 6) is 0.00310. The van der Waals surface area contributed by atoms with Gasteiger partial charge >= 0.3 is 0 Å². The van der Waals surface area contributed by atoms with Crippen LogP contribution in [0.15, 0.2) is 35.7 Å². The molecule has 0 aliphatic rings. The number of carbonyl (C=O) groups is 1. The molecule has 0 unspecified atom stereocenters. The molecule has 1 heterocycles. The van der Waals surface area contributed by atoms with Gasteiger partial charge in [0.1, 0.15) is 0 Å². The van der Waals surface area contributed by atoms with E-state index in [1.54, 1.807) is 11.3 Å². The minimum atomic E-state index is 0.00310. The quantitative estimate of drug-likeness (QED) is 0.835. The van der Waals surface area contributed by atoms with E-state index in [1.807, 2.05) is 18.4 Å². The van der Waals surface area contributed by atoms with Crippen molar-refractivity contribution in [2.45, 2.75) is 52.5 Å². The highest BCUT2D eigenvalue weighted by atomic mass is 32.1. The fourth-order valence-corrected chi connectivity index (χ4v) is 3.14. The Morgan fingerprint density at radius 3 is 2.36 bits per heavy atom. The number of rotatable bonds is 4. The van der Waals surface area contributed by atoms with Crippen LogP contribution in [0.4, 0.5) is 0 Å². The van der Waals surface area contributed by atoms with Crippen molar-refractivity contribution < 1.29 is 4.79 Å². The van der Waals surface area contributed by atoms with Gasteiger partial charge in [0, 0.05) is 10.3 Å². The van der Waals surface area contributed by atoms with Crippen LogP contribution < -0.4 is 5.32 Å². The molecular weight excluding hydrogens is 290 g/mol. The van der Waals surface area contributed by atoms with Crippen LogP contribution in [0, 0.1) is 0 Å². The molecule has 3 heteroatoms. The second kappa shape index (κ2) is 6.66. The lowest BCUT2D eigenvalue weighted by Gasteiger charge is -2.20. The van der Waals surface area contributed by atoms with E-state index in [2.05, 4.69) is 57.3 Å². The van der Waals surface area contributed by atoms with E-state index >= 15 is 0 Å². The standard InChI is InChI=1S/C19H25NOS/c1-6-17-11-15(12-22-17)18(21)20-13(2)14-7-9-16(10-8-14)19(3,4)5/h7-13H,6H2,1-5H3,(H,20,21)/t13-/m0/s1. The van der Waals surface area contributed by atoms with Crippen LogP contribution in [-0.4, -0.2) is 5.91 Å². The fourth-order valence-electron chi connectivity index (χ4n) is 2.32. The summed E-state index contributed by atoms with van der Waals surface area (Å²) in [5.41, 5.74) is 3.35. The third-order valence-electron chi connectivity index (χ3n) is 3.89. The lowest BCUT2D eigenvalue weighted by molar-refractivity contribution is 0.0940. The van der Waals surface area contributed by atoms with Gasteiger partial charge in [-0.15, -0.1) is 11.3 Å². The van der Waals surface area contributed by atoms with Crippen molar-refractivity contribution in [2.24, 2.45) is 0 Å². The van der Waals surface area contributed by atoms with E-state index in [9.17, 15) is 4.79 Å². The third-order valence-corrected chi connectivity index (χ3v) is 4.97.